The van der Waals surface area contributed by atoms with Gasteiger partial charge in [-0.15, -0.1) is 0 Å². The Hall–Kier alpha value is -1.45. The number of carboxylic acids is 1. The Morgan fingerprint density at radius 2 is 2.25 bits per heavy atom. The highest BCUT2D eigenvalue weighted by atomic mass is 16.4. The van der Waals surface area contributed by atoms with Crippen LogP contribution in [0.5, 0.6) is 0 Å². The van der Waals surface area contributed by atoms with Crippen LogP contribution in [0.15, 0.2) is 12.4 Å². The van der Waals surface area contributed by atoms with E-state index in [4.69, 9.17) is 5.11 Å². The Morgan fingerprint density at radius 3 is 2.83 bits per heavy atom. The van der Waals surface area contributed by atoms with Crippen LogP contribution in [0.4, 0.5) is 0 Å². The van der Waals surface area contributed by atoms with Crippen molar-refractivity contribution in [3.63, 3.8) is 0 Å². The van der Waals surface area contributed by atoms with E-state index in [9.17, 15) is 4.79 Å². The predicted octanol–water partition coefficient (Wildman–Crippen LogP) is 1.05. The summed E-state index contributed by atoms with van der Waals surface area (Å²) in [5.74, 6) is -0.554. The van der Waals surface area contributed by atoms with Crippen LogP contribution >= 0.6 is 0 Å². The first-order chi connectivity index (χ1) is 5.77. The third-order valence-electron chi connectivity index (χ3n) is 1.87. The van der Waals surface area contributed by atoms with E-state index >= 15 is 0 Å². The molecule has 1 aliphatic carbocycles. The fourth-order valence-corrected chi connectivity index (χ4v) is 1.06. The van der Waals surface area contributed by atoms with Crippen LogP contribution in [0.1, 0.15) is 34.9 Å². The van der Waals surface area contributed by atoms with E-state index in [2.05, 4.69) is 9.97 Å². The van der Waals surface area contributed by atoms with Gasteiger partial charge in [0.1, 0.15) is 0 Å². The third kappa shape index (κ3) is 1.28. The average molecular weight is 164 g/mol. The van der Waals surface area contributed by atoms with E-state index < -0.39 is 5.97 Å². The lowest BCUT2D eigenvalue weighted by Crippen LogP contribution is -2.03. The highest BCUT2D eigenvalue weighted by Gasteiger charge is 2.25. The first-order valence-electron chi connectivity index (χ1n) is 3.82. The molecule has 12 heavy (non-hydrogen) atoms. The molecule has 1 aromatic heterocycles. The molecule has 1 N–H and O–H groups in total. The van der Waals surface area contributed by atoms with Crippen molar-refractivity contribution >= 4 is 5.97 Å². The van der Waals surface area contributed by atoms with Crippen LogP contribution in [-0.4, -0.2) is 21.0 Å². The molecule has 0 aliphatic heterocycles. The molecule has 0 saturated heterocycles. The van der Waals surface area contributed by atoms with Gasteiger partial charge in [0.05, 0.1) is 11.9 Å². The van der Waals surface area contributed by atoms with E-state index in [0.717, 1.165) is 18.5 Å². The summed E-state index contributed by atoms with van der Waals surface area (Å²) in [5, 5.41) is 8.61. The van der Waals surface area contributed by atoms with Gasteiger partial charge >= 0.3 is 5.97 Å². The number of carboxylic acid groups (broad SMARTS) is 1. The summed E-state index contributed by atoms with van der Waals surface area (Å²) in [6.45, 7) is 0. The molecule has 62 valence electrons. The summed E-state index contributed by atoms with van der Waals surface area (Å²) in [6, 6.07) is 0. The zero-order chi connectivity index (χ0) is 8.55. The Balaban J connectivity index is 2.32. The number of aromatic carboxylic acids is 1. The number of carbonyl (C=O) groups is 1. The van der Waals surface area contributed by atoms with Crippen LogP contribution < -0.4 is 0 Å². The second kappa shape index (κ2) is 2.55. The number of nitrogens with zero attached hydrogens (tertiary/aromatic N) is 2. The fraction of sp³-hybridized carbons (Fsp3) is 0.375. The highest BCUT2D eigenvalue weighted by Crippen LogP contribution is 2.38. The molecule has 0 radical (unpaired) electrons. The second-order valence-electron chi connectivity index (χ2n) is 2.91. The maximum Gasteiger partial charge on any atom is 0.356 e. The van der Waals surface area contributed by atoms with Gasteiger partial charge in [0.15, 0.2) is 5.69 Å². The SMILES string of the molecule is O=C(O)c1cncc(C2CC2)n1. The Labute approximate surface area is 69.3 Å². The molecule has 2 rings (SSSR count). The fourth-order valence-electron chi connectivity index (χ4n) is 1.06. The van der Waals surface area contributed by atoms with Crippen molar-refractivity contribution in [3.05, 3.63) is 23.8 Å². The van der Waals surface area contributed by atoms with E-state index in [-0.39, 0.29) is 5.69 Å². The van der Waals surface area contributed by atoms with E-state index in [0.29, 0.717) is 5.92 Å². The lowest BCUT2D eigenvalue weighted by Gasteiger charge is -1.96. The average Bonchev–Trinajstić information content (AvgIpc) is 2.87. The lowest BCUT2D eigenvalue weighted by atomic mass is 10.3. The Kier molecular flexibility index (Phi) is 1.53. The van der Waals surface area contributed by atoms with Crippen molar-refractivity contribution in [2.75, 3.05) is 0 Å². The van der Waals surface area contributed by atoms with Crippen molar-refractivity contribution in [1.29, 1.82) is 0 Å². The zero-order valence-corrected chi connectivity index (χ0v) is 6.40. The first-order valence-corrected chi connectivity index (χ1v) is 3.82. The number of hydrogen-bond donors (Lipinski definition) is 1. The van der Waals surface area contributed by atoms with E-state index in [1.807, 2.05) is 0 Å². The van der Waals surface area contributed by atoms with Gasteiger partial charge in [0, 0.05) is 12.1 Å². The molecule has 0 atom stereocenters. The van der Waals surface area contributed by atoms with Gasteiger partial charge in [0.2, 0.25) is 0 Å². The van der Waals surface area contributed by atoms with Gasteiger partial charge in [-0.1, -0.05) is 0 Å². The molecule has 1 saturated carbocycles. The number of rotatable bonds is 2. The summed E-state index contributed by atoms with van der Waals surface area (Å²) in [6.07, 6.45) is 5.13. The predicted molar refractivity (Wildman–Crippen MR) is 41.0 cm³/mol. The summed E-state index contributed by atoms with van der Waals surface area (Å²) < 4.78 is 0. The molecular weight excluding hydrogens is 156 g/mol. The van der Waals surface area contributed by atoms with Crippen LogP contribution in [0.3, 0.4) is 0 Å². The van der Waals surface area contributed by atoms with Crippen molar-refractivity contribution in [2.24, 2.45) is 0 Å². The van der Waals surface area contributed by atoms with Gasteiger partial charge < -0.3 is 5.11 Å². The number of hydrogen-bond acceptors (Lipinski definition) is 3. The van der Waals surface area contributed by atoms with Crippen LogP contribution in [0.25, 0.3) is 0 Å². The maximum absolute atomic E-state index is 10.5. The summed E-state index contributed by atoms with van der Waals surface area (Å²) in [5.41, 5.74) is 0.856. The molecule has 1 heterocycles. The molecule has 0 aromatic carbocycles. The standard InChI is InChI=1S/C8H8N2O2/c11-8(12)7-4-9-3-6(10-7)5-1-2-5/h3-5H,1-2H2,(H,11,12). The van der Waals surface area contributed by atoms with E-state index in [1.165, 1.54) is 6.20 Å². The van der Waals surface area contributed by atoms with Crippen LogP contribution in [0.2, 0.25) is 0 Å². The smallest absolute Gasteiger partial charge is 0.356 e. The van der Waals surface area contributed by atoms with Gasteiger partial charge in [-0.25, -0.2) is 9.78 Å². The minimum Gasteiger partial charge on any atom is -0.476 e. The monoisotopic (exact) mass is 164 g/mol. The Bertz CT molecular complexity index is 321. The summed E-state index contributed by atoms with van der Waals surface area (Å²) in [7, 11) is 0. The van der Waals surface area contributed by atoms with Crippen molar-refractivity contribution in [3.8, 4) is 0 Å². The normalized spacial score (nSPS) is 16.0. The number of aromatic nitrogens is 2. The molecular formula is C8H8N2O2. The summed E-state index contributed by atoms with van der Waals surface area (Å²) in [4.78, 5) is 18.3. The molecule has 0 amide bonds. The molecule has 1 aliphatic rings. The topological polar surface area (TPSA) is 63.1 Å². The largest absolute Gasteiger partial charge is 0.476 e. The maximum atomic E-state index is 10.5. The van der Waals surface area contributed by atoms with Crippen LogP contribution in [0, 0.1) is 0 Å². The quantitative estimate of drug-likeness (QED) is 0.709. The molecule has 0 spiro atoms. The third-order valence-corrected chi connectivity index (χ3v) is 1.87. The minimum absolute atomic E-state index is 0.0411. The molecule has 0 unspecified atom stereocenters. The lowest BCUT2D eigenvalue weighted by molar-refractivity contribution is 0.0689. The molecule has 1 aromatic rings. The second-order valence-corrected chi connectivity index (χ2v) is 2.91. The van der Waals surface area contributed by atoms with E-state index in [1.54, 1.807) is 6.20 Å². The van der Waals surface area contributed by atoms with Crippen molar-refractivity contribution in [2.45, 2.75) is 18.8 Å². The van der Waals surface area contributed by atoms with Gasteiger partial charge in [-0.2, -0.15) is 0 Å². The van der Waals surface area contributed by atoms with Gasteiger partial charge in [-0.3, -0.25) is 4.98 Å². The Morgan fingerprint density at radius 1 is 1.50 bits per heavy atom. The molecule has 1 fully saturated rings. The van der Waals surface area contributed by atoms with Gasteiger partial charge in [0.25, 0.3) is 0 Å². The molecule has 4 nitrogen and oxygen atoms in total. The first kappa shape index (κ1) is 7.21. The van der Waals surface area contributed by atoms with Crippen LogP contribution in [-0.2, 0) is 0 Å². The molecule has 0 bridgehead atoms. The minimum atomic E-state index is -1.01. The summed E-state index contributed by atoms with van der Waals surface area (Å²) >= 11 is 0. The zero-order valence-electron chi connectivity index (χ0n) is 6.40. The van der Waals surface area contributed by atoms with Gasteiger partial charge in [-0.05, 0) is 12.8 Å². The van der Waals surface area contributed by atoms with Crippen molar-refractivity contribution in [1.82, 2.24) is 9.97 Å². The highest BCUT2D eigenvalue weighted by molar-refractivity contribution is 5.84. The van der Waals surface area contributed by atoms with Crippen molar-refractivity contribution < 1.29 is 9.90 Å². The molecule has 4 heteroatoms.